The minimum atomic E-state index is 0.394. The Morgan fingerprint density at radius 2 is 1.71 bits per heavy atom. The Morgan fingerprint density at radius 3 is 2.38 bits per heavy atom. The summed E-state index contributed by atoms with van der Waals surface area (Å²) in [7, 11) is 0. The average molecular weight is 299 g/mol. The Kier molecular flexibility index (Phi) is 4.34. The highest BCUT2D eigenvalue weighted by Crippen LogP contribution is 2.34. The molecule has 1 unspecified atom stereocenters. The lowest BCUT2D eigenvalue weighted by atomic mass is 9.99. The van der Waals surface area contributed by atoms with Gasteiger partial charge in [0.2, 0.25) is 0 Å². The lowest BCUT2D eigenvalue weighted by molar-refractivity contribution is 0.696. The zero-order valence-electron chi connectivity index (χ0n) is 13.3. The first-order valence-corrected chi connectivity index (χ1v) is 8.93. The maximum absolute atomic E-state index is 3.64. The number of rotatable bonds is 4. The first-order chi connectivity index (χ1) is 10.1. The van der Waals surface area contributed by atoms with E-state index in [1.807, 2.05) is 11.3 Å². The van der Waals surface area contributed by atoms with Crippen molar-refractivity contribution in [2.45, 2.75) is 58.4 Å². The van der Waals surface area contributed by atoms with Gasteiger partial charge < -0.3 is 5.32 Å². The fourth-order valence-electron chi connectivity index (χ4n) is 3.01. The minimum absolute atomic E-state index is 0.394. The summed E-state index contributed by atoms with van der Waals surface area (Å²) in [6.07, 6.45) is 5.30. The molecule has 1 aliphatic carbocycles. The number of hydrogen-bond donors (Lipinski definition) is 1. The van der Waals surface area contributed by atoms with Gasteiger partial charge in [0, 0.05) is 15.4 Å². The Labute approximate surface area is 132 Å². The van der Waals surface area contributed by atoms with Crippen molar-refractivity contribution in [3.8, 4) is 0 Å². The van der Waals surface area contributed by atoms with Crippen LogP contribution >= 0.6 is 11.3 Å². The van der Waals surface area contributed by atoms with Crippen LogP contribution in [0.3, 0.4) is 0 Å². The summed E-state index contributed by atoms with van der Waals surface area (Å²) in [4.78, 5) is 3.11. The van der Waals surface area contributed by atoms with Crippen molar-refractivity contribution in [3.63, 3.8) is 0 Å². The molecule has 1 heterocycles. The first-order valence-electron chi connectivity index (χ1n) is 8.11. The van der Waals surface area contributed by atoms with E-state index >= 15 is 0 Å². The molecule has 0 radical (unpaired) electrons. The van der Waals surface area contributed by atoms with Crippen molar-refractivity contribution < 1.29 is 0 Å². The third kappa shape index (κ3) is 3.32. The van der Waals surface area contributed by atoms with Crippen molar-refractivity contribution in [3.05, 3.63) is 51.2 Å². The van der Waals surface area contributed by atoms with Crippen LogP contribution in [-0.4, -0.2) is 0 Å². The first kappa shape index (κ1) is 14.6. The Bertz CT molecular complexity index is 571. The van der Waals surface area contributed by atoms with E-state index in [1.54, 1.807) is 10.4 Å². The van der Waals surface area contributed by atoms with E-state index in [1.165, 1.54) is 41.8 Å². The second-order valence-electron chi connectivity index (χ2n) is 6.45. The number of hydrogen-bond acceptors (Lipinski definition) is 2. The fraction of sp³-hybridized carbons (Fsp3) is 0.474. The molecule has 0 bridgehead atoms. The molecule has 3 rings (SSSR count). The standard InChI is InChI=1S/C19H25NS/c1-13(2)15-8-10-17(11-9-15)20-14(3)19-12-16-6-4-5-7-18(16)21-19/h8-14,20H,4-7H2,1-3H3. The molecule has 2 aromatic rings. The van der Waals surface area contributed by atoms with E-state index in [0.717, 1.165) is 0 Å². The molecule has 1 N–H and O–H groups in total. The number of thiophene rings is 1. The van der Waals surface area contributed by atoms with E-state index in [4.69, 9.17) is 0 Å². The van der Waals surface area contributed by atoms with Gasteiger partial charge in [-0.1, -0.05) is 26.0 Å². The molecule has 1 aromatic heterocycles. The van der Waals surface area contributed by atoms with Crippen molar-refractivity contribution in [2.75, 3.05) is 5.32 Å². The number of nitrogens with one attached hydrogen (secondary N) is 1. The van der Waals surface area contributed by atoms with Crippen LogP contribution in [0.2, 0.25) is 0 Å². The highest BCUT2D eigenvalue weighted by atomic mass is 32.1. The van der Waals surface area contributed by atoms with Gasteiger partial charge in [0.25, 0.3) is 0 Å². The van der Waals surface area contributed by atoms with E-state index in [0.29, 0.717) is 12.0 Å². The summed E-state index contributed by atoms with van der Waals surface area (Å²) < 4.78 is 0. The molecular formula is C19H25NS. The summed E-state index contributed by atoms with van der Waals surface area (Å²) in [5, 5.41) is 3.64. The van der Waals surface area contributed by atoms with Gasteiger partial charge in [0.05, 0.1) is 6.04 Å². The number of benzene rings is 1. The van der Waals surface area contributed by atoms with Crippen LogP contribution in [0.25, 0.3) is 0 Å². The second kappa shape index (κ2) is 6.23. The van der Waals surface area contributed by atoms with Crippen LogP contribution < -0.4 is 5.32 Å². The normalized spacial score (nSPS) is 15.8. The zero-order valence-corrected chi connectivity index (χ0v) is 14.1. The Morgan fingerprint density at radius 1 is 1.00 bits per heavy atom. The highest BCUT2D eigenvalue weighted by Gasteiger charge is 2.16. The topological polar surface area (TPSA) is 12.0 Å². The molecule has 1 aromatic carbocycles. The summed E-state index contributed by atoms with van der Waals surface area (Å²) in [6.45, 7) is 6.75. The summed E-state index contributed by atoms with van der Waals surface area (Å²) >= 11 is 2.01. The van der Waals surface area contributed by atoms with Gasteiger partial charge in [-0.15, -0.1) is 11.3 Å². The van der Waals surface area contributed by atoms with Crippen LogP contribution in [0.15, 0.2) is 30.3 Å². The number of aryl methyl sites for hydroxylation is 2. The van der Waals surface area contributed by atoms with E-state index in [-0.39, 0.29) is 0 Å². The van der Waals surface area contributed by atoms with Gasteiger partial charge in [-0.05, 0) is 67.9 Å². The highest BCUT2D eigenvalue weighted by molar-refractivity contribution is 7.12. The van der Waals surface area contributed by atoms with Crippen molar-refractivity contribution in [2.24, 2.45) is 0 Å². The SMILES string of the molecule is CC(C)c1ccc(NC(C)c2cc3c(s2)CCCC3)cc1. The molecule has 0 amide bonds. The monoisotopic (exact) mass is 299 g/mol. The van der Waals surface area contributed by atoms with Crippen molar-refractivity contribution in [1.29, 1.82) is 0 Å². The maximum Gasteiger partial charge on any atom is 0.0578 e. The molecule has 1 aliphatic rings. The zero-order chi connectivity index (χ0) is 14.8. The molecule has 0 saturated carbocycles. The number of anilines is 1. The third-order valence-corrected chi connectivity index (χ3v) is 5.82. The molecule has 0 fully saturated rings. The van der Waals surface area contributed by atoms with Gasteiger partial charge in [0.15, 0.2) is 0 Å². The predicted molar refractivity (Wildman–Crippen MR) is 93.5 cm³/mol. The van der Waals surface area contributed by atoms with Crippen LogP contribution in [-0.2, 0) is 12.8 Å². The largest absolute Gasteiger partial charge is 0.378 e. The summed E-state index contributed by atoms with van der Waals surface area (Å²) in [5.74, 6) is 0.598. The van der Waals surface area contributed by atoms with Crippen LogP contribution in [0.1, 0.15) is 66.5 Å². The van der Waals surface area contributed by atoms with Crippen LogP contribution in [0.4, 0.5) is 5.69 Å². The molecule has 0 spiro atoms. The van der Waals surface area contributed by atoms with Gasteiger partial charge in [-0.2, -0.15) is 0 Å². The fourth-order valence-corrected chi connectivity index (χ4v) is 4.27. The lowest BCUT2D eigenvalue weighted by Crippen LogP contribution is -2.04. The molecular weight excluding hydrogens is 274 g/mol. The quantitative estimate of drug-likeness (QED) is 0.738. The molecule has 21 heavy (non-hydrogen) atoms. The lowest BCUT2D eigenvalue weighted by Gasteiger charge is -2.14. The van der Waals surface area contributed by atoms with E-state index < -0.39 is 0 Å². The average Bonchev–Trinajstić information content (AvgIpc) is 2.92. The minimum Gasteiger partial charge on any atom is -0.378 e. The van der Waals surface area contributed by atoms with E-state index in [2.05, 4.69) is 56.4 Å². The van der Waals surface area contributed by atoms with Gasteiger partial charge >= 0.3 is 0 Å². The van der Waals surface area contributed by atoms with Gasteiger partial charge in [0.1, 0.15) is 0 Å². The molecule has 1 nitrogen and oxygen atoms in total. The van der Waals surface area contributed by atoms with Crippen LogP contribution in [0.5, 0.6) is 0 Å². The predicted octanol–water partition coefficient (Wildman–Crippen LogP) is 5.92. The van der Waals surface area contributed by atoms with Crippen LogP contribution in [0, 0.1) is 0 Å². The van der Waals surface area contributed by atoms with Crippen molar-refractivity contribution >= 4 is 17.0 Å². The molecule has 112 valence electrons. The molecule has 1 atom stereocenters. The van der Waals surface area contributed by atoms with Gasteiger partial charge in [-0.3, -0.25) is 0 Å². The molecule has 2 heteroatoms. The van der Waals surface area contributed by atoms with Gasteiger partial charge in [-0.25, -0.2) is 0 Å². The smallest absolute Gasteiger partial charge is 0.0578 e. The van der Waals surface area contributed by atoms with Crippen molar-refractivity contribution in [1.82, 2.24) is 0 Å². The van der Waals surface area contributed by atoms with E-state index in [9.17, 15) is 0 Å². The Balaban J connectivity index is 1.70. The molecule has 0 saturated heterocycles. The third-order valence-electron chi connectivity index (χ3n) is 4.40. The second-order valence-corrected chi connectivity index (χ2v) is 7.62. The summed E-state index contributed by atoms with van der Waals surface area (Å²) in [6, 6.07) is 11.7. The summed E-state index contributed by atoms with van der Waals surface area (Å²) in [5.41, 5.74) is 4.23. The molecule has 0 aliphatic heterocycles. The Hall–Kier alpha value is -1.28. The maximum atomic E-state index is 3.64. The number of fused-ring (bicyclic) bond motifs is 1.